The lowest BCUT2D eigenvalue weighted by atomic mass is 9.89. The second kappa shape index (κ2) is 6.13. The third-order valence-corrected chi connectivity index (χ3v) is 2.73. The van der Waals surface area contributed by atoms with Crippen LogP contribution in [0.15, 0.2) is 12.7 Å². The van der Waals surface area contributed by atoms with Gasteiger partial charge in [-0.05, 0) is 31.6 Å². The molecule has 0 saturated carbocycles. The third-order valence-electron chi connectivity index (χ3n) is 2.73. The predicted octanol–water partition coefficient (Wildman–Crippen LogP) is 1.21. The Morgan fingerprint density at radius 1 is 1.54 bits per heavy atom. The van der Waals surface area contributed by atoms with Crippen molar-refractivity contribution in [2.75, 3.05) is 13.2 Å². The zero-order valence-corrected chi connectivity index (χ0v) is 8.17. The predicted molar refractivity (Wildman–Crippen MR) is 54.1 cm³/mol. The van der Waals surface area contributed by atoms with Crippen molar-refractivity contribution in [2.24, 2.45) is 11.8 Å². The molecule has 0 aromatic heterocycles. The molecule has 76 valence electrons. The van der Waals surface area contributed by atoms with E-state index in [9.17, 15) is 0 Å². The molecule has 1 heterocycles. The van der Waals surface area contributed by atoms with Crippen LogP contribution in [0.5, 0.6) is 0 Å². The normalized spacial score (nSPS) is 21.3. The van der Waals surface area contributed by atoms with Crippen LogP contribution in [-0.2, 0) is 4.74 Å². The second-order valence-corrected chi connectivity index (χ2v) is 3.59. The molecule has 1 saturated heterocycles. The minimum atomic E-state index is 0.432. The zero-order chi connectivity index (χ0) is 9.52. The van der Waals surface area contributed by atoms with Crippen LogP contribution in [0.25, 0.3) is 0 Å². The highest BCUT2D eigenvalue weighted by atomic mass is 16.5. The topological polar surface area (TPSA) is 47.3 Å². The van der Waals surface area contributed by atoms with Gasteiger partial charge in [0, 0.05) is 19.3 Å². The Morgan fingerprint density at radius 3 is 2.77 bits per heavy atom. The maximum Gasteiger partial charge on any atom is 0.0469 e. The van der Waals surface area contributed by atoms with Crippen molar-refractivity contribution in [2.45, 2.75) is 31.7 Å². The highest BCUT2D eigenvalue weighted by Crippen LogP contribution is 2.21. The molecule has 1 unspecified atom stereocenters. The quantitative estimate of drug-likeness (QED) is 0.383. The molecule has 0 spiro atoms. The Labute approximate surface area is 80.3 Å². The number of rotatable bonds is 5. The van der Waals surface area contributed by atoms with Crippen molar-refractivity contribution in [3.05, 3.63) is 12.7 Å². The molecule has 1 aliphatic heterocycles. The van der Waals surface area contributed by atoms with Crippen LogP contribution in [-0.4, -0.2) is 19.3 Å². The van der Waals surface area contributed by atoms with Gasteiger partial charge >= 0.3 is 0 Å². The van der Waals surface area contributed by atoms with Gasteiger partial charge in [-0.15, -0.1) is 6.58 Å². The van der Waals surface area contributed by atoms with Crippen molar-refractivity contribution in [3.8, 4) is 0 Å². The van der Waals surface area contributed by atoms with Gasteiger partial charge in [0.1, 0.15) is 0 Å². The maximum atomic E-state index is 5.52. The van der Waals surface area contributed by atoms with E-state index in [0.717, 1.165) is 38.9 Å². The lowest BCUT2D eigenvalue weighted by Crippen LogP contribution is -2.42. The Balaban J connectivity index is 2.29. The Bertz CT molecular complexity index is 144. The van der Waals surface area contributed by atoms with E-state index in [1.54, 1.807) is 0 Å². The zero-order valence-electron chi connectivity index (χ0n) is 8.17. The summed E-state index contributed by atoms with van der Waals surface area (Å²) in [6, 6.07) is 0.432. The summed E-state index contributed by atoms with van der Waals surface area (Å²) in [5, 5.41) is 0. The van der Waals surface area contributed by atoms with E-state index in [-0.39, 0.29) is 0 Å². The molecule has 0 aliphatic carbocycles. The number of hydrogen-bond donors (Lipinski definition) is 2. The molecule has 3 N–H and O–H groups in total. The molecule has 1 rings (SSSR count). The first kappa shape index (κ1) is 10.7. The van der Waals surface area contributed by atoms with Crippen molar-refractivity contribution in [1.29, 1.82) is 0 Å². The summed E-state index contributed by atoms with van der Waals surface area (Å²) < 4.78 is 5.31. The number of allylic oxidation sites excluding steroid dienone is 1. The average molecular weight is 184 g/mol. The van der Waals surface area contributed by atoms with E-state index in [4.69, 9.17) is 10.6 Å². The fourth-order valence-electron chi connectivity index (χ4n) is 1.87. The molecule has 1 fully saturated rings. The van der Waals surface area contributed by atoms with Gasteiger partial charge in [0.05, 0.1) is 0 Å². The largest absolute Gasteiger partial charge is 0.381 e. The SMILES string of the molecule is C=CCCC(NN)C1CCOCC1. The second-order valence-electron chi connectivity index (χ2n) is 3.59. The monoisotopic (exact) mass is 184 g/mol. The molecule has 1 atom stereocenters. The molecule has 0 aromatic rings. The van der Waals surface area contributed by atoms with E-state index in [2.05, 4.69) is 12.0 Å². The summed E-state index contributed by atoms with van der Waals surface area (Å²) >= 11 is 0. The Morgan fingerprint density at radius 2 is 2.23 bits per heavy atom. The highest BCUT2D eigenvalue weighted by Gasteiger charge is 2.22. The highest BCUT2D eigenvalue weighted by molar-refractivity contribution is 4.79. The van der Waals surface area contributed by atoms with Gasteiger partial charge in [0.2, 0.25) is 0 Å². The number of hydrogen-bond acceptors (Lipinski definition) is 3. The first-order valence-electron chi connectivity index (χ1n) is 5.03. The smallest absolute Gasteiger partial charge is 0.0469 e. The van der Waals surface area contributed by atoms with E-state index < -0.39 is 0 Å². The fourth-order valence-corrected chi connectivity index (χ4v) is 1.87. The van der Waals surface area contributed by atoms with Crippen LogP contribution >= 0.6 is 0 Å². The van der Waals surface area contributed by atoms with Crippen LogP contribution in [0.4, 0.5) is 0 Å². The third kappa shape index (κ3) is 3.46. The van der Waals surface area contributed by atoms with Gasteiger partial charge in [-0.2, -0.15) is 0 Å². The van der Waals surface area contributed by atoms with Gasteiger partial charge in [0.15, 0.2) is 0 Å². The van der Waals surface area contributed by atoms with Gasteiger partial charge in [-0.25, -0.2) is 0 Å². The van der Waals surface area contributed by atoms with Gasteiger partial charge in [-0.3, -0.25) is 11.3 Å². The van der Waals surface area contributed by atoms with Crippen LogP contribution in [0, 0.1) is 5.92 Å². The first-order chi connectivity index (χ1) is 6.38. The summed E-state index contributed by atoms with van der Waals surface area (Å²) in [5.74, 6) is 6.20. The minimum Gasteiger partial charge on any atom is -0.381 e. The van der Waals surface area contributed by atoms with Crippen molar-refractivity contribution in [1.82, 2.24) is 5.43 Å². The van der Waals surface area contributed by atoms with Gasteiger partial charge < -0.3 is 4.74 Å². The maximum absolute atomic E-state index is 5.52. The van der Waals surface area contributed by atoms with Crippen LogP contribution in [0.3, 0.4) is 0 Å². The molecule has 3 nitrogen and oxygen atoms in total. The van der Waals surface area contributed by atoms with Crippen molar-refractivity contribution < 1.29 is 4.74 Å². The Hall–Kier alpha value is -0.380. The number of ether oxygens (including phenoxy) is 1. The number of nitrogens with two attached hydrogens (primary N) is 1. The van der Waals surface area contributed by atoms with E-state index in [1.165, 1.54) is 0 Å². The van der Waals surface area contributed by atoms with Crippen molar-refractivity contribution >= 4 is 0 Å². The molecular formula is C10H20N2O. The lowest BCUT2D eigenvalue weighted by molar-refractivity contribution is 0.0527. The van der Waals surface area contributed by atoms with Gasteiger partial charge in [0.25, 0.3) is 0 Å². The fraction of sp³-hybridized carbons (Fsp3) is 0.800. The number of hydrazine groups is 1. The molecule has 3 heteroatoms. The summed E-state index contributed by atoms with van der Waals surface area (Å²) in [4.78, 5) is 0. The molecule has 1 aliphatic rings. The lowest BCUT2D eigenvalue weighted by Gasteiger charge is -2.29. The molecule has 0 bridgehead atoms. The molecule has 0 amide bonds. The summed E-state index contributed by atoms with van der Waals surface area (Å²) in [6.07, 6.45) is 6.33. The molecular weight excluding hydrogens is 164 g/mol. The van der Waals surface area contributed by atoms with E-state index in [0.29, 0.717) is 12.0 Å². The molecule has 0 aromatic carbocycles. The van der Waals surface area contributed by atoms with E-state index in [1.807, 2.05) is 6.08 Å². The summed E-state index contributed by atoms with van der Waals surface area (Å²) in [7, 11) is 0. The molecule has 13 heavy (non-hydrogen) atoms. The van der Waals surface area contributed by atoms with Crippen LogP contribution in [0.1, 0.15) is 25.7 Å². The Kier molecular flexibility index (Phi) is 5.05. The van der Waals surface area contributed by atoms with Crippen molar-refractivity contribution in [3.63, 3.8) is 0 Å². The van der Waals surface area contributed by atoms with Gasteiger partial charge in [-0.1, -0.05) is 6.08 Å². The number of nitrogens with one attached hydrogen (secondary N) is 1. The average Bonchev–Trinajstić information content (AvgIpc) is 2.21. The summed E-state index contributed by atoms with van der Waals surface area (Å²) in [5.41, 5.74) is 2.90. The standard InChI is InChI=1S/C10H20N2O/c1-2-3-4-10(12-11)9-5-7-13-8-6-9/h2,9-10,12H,1,3-8,11H2. The first-order valence-corrected chi connectivity index (χ1v) is 5.03. The van der Waals surface area contributed by atoms with Crippen LogP contribution in [0.2, 0.25) is 0 Å². The van der Waals surface area contributed by atoms with E-state index >= 15 is 0 Å². The summed E-state index contributed by atoms with van der Waals surface area (Å²) in [6.45, 7) is 5.49. The minimum absolute atomic E-state index is 0.432. The molecule has 0 radical (unpaired) electrons. The van der Waals surface area contributed by atoms with Crippen LogP contribution < -0.4 is 11.3 Å².